The second kappa shape index (κ2) is 3.78. The molecule has 2 aliphatic rings. The summed E-state index contributed by atoms with van der Waals surface area (Å²) >= 11 is 0. The molecular weight excluding hydrogens is 232 g/mol. The molecule has 2 rings (SSSR count). The maximum Gasteiger partial charge on any atom is 0.171 e. The van der Waals surface area contributed by atoms with Crippen molar-refractivity contribution in [3.63, 3.8) is 0 Å². The fraction of sp³-hybridized carbons (Fsp3) is 0.786. The van der Waals surface area contributed by atoms with Crippen LogP contribution in [0.5, 0.6) is 0 Å². The summed E-state index contributed by atoms with van der Waals surface area (Å²) in [5.41, 5.74) is 1.50. The van der Waals surface area contributed by atoms with Crippen LogP contribution in [0.15, 0.2) is 11.6 Å². The van der Waals surface area contributed by atoms with Gasteiger partial charge in [-0.05, 0) is 45.1 Å². The molecule has 0 unspecified atom stereocenters. The van der Waals surface area contributed by atoms with Crippen LogP contribution in [-0.2, 0) is 15.6 Å². The molecule has 17 heavy (non-hydrogen) atoms. The Morgan fingerprint density at radius 2 is 1.94 bits per heavy atom. The van der Waals surface area contributed by atoms with Crippen LogP contribution in [-0.4, -0.2) is 20.0 Å². The Morgan fingerprint density at radius 3 is 2.47 bits per heavy atom. The summed E-state index contributed by atoms with van der Waals surface area (Å²) in [4.78, 5) is 12.0. The van der Waals surface area contributed by atoms with E-state index in [-0.39, 0.29) is 27.1 Å². The molecule has 1 fully saturated rings. The molecule has 0 aromatic carbocycles. The SMILES string of the molecule is CC1(C)CC2=CC(=O)[C@H]([S@](=O)C(C)(C)C)[C@H]2C1. The highest BCUT2D eigenvalue weighted by atomic mass is 32.2. The molecule has 0 heterocycles. The topological polar surface area (TPSA) is 34.1 Å². The van der Waals surface area contributed by atoms with Gasteiger partial charge in [-0.1, -0.05) is 19.4 Å². The van der Waals surface area contributed by atoms with Crippen molar-refractivity contribution in [3.8, 4) is 0 Å². The Labute approximate surface area is 106 Å². The highest BCUT2D eigenvalue weighted by molar-refractivity contribution is 7.87. The van der Waals surface area contributed by atoms with E-state index in [1.807, 2.05) is 20.8 Å². The van der Waals surface area contributed by atoms with E-state index >= 15 is 0 Å². The lowest BCUT2D eigenvalue weighted by molar-refractivity contribution is -0.114. The molecule has 0 bridgehead atoms. The number of hydrogen-bond acceptors (Lipinski definition) is 2. The first-order chi connectivity index (χ1) is 7.62. The molecule has 0 amide bonds. The van der Waals surface area contributed by atoms with Gasteiger partial charge in [0.15, 0.2) is 5.78 Å². The minimum absolute atomic E-state index is 0.0914. The highest BCUT2D eigenvalue weighted by Gasteiger charge is 2.49. The normalized spacial score (nSPS) is 33.5. The third-order valence-electron chi connectivity index (χ3n) is 3.74. The molecule has 96 valence electrons. The molecule has 2 nitrogen and oxygen atoms in total. The number of allylic oxidation sites excluding steroid dienone is 2. The third-order valence-corrected chi connectivity index (χ3v) is 5.97. The Kier molecular flexibility index (Phi) is 2.89. The second-order valence-corrected chi connectivity index (χ2v) is 9.43. The van der Waals surface area contributed by atoms with Gasteiger partial charge < -0.3 is 0 Å². The molecule has 3 atom stereocenters. The summed E-state index contributed by atoms with van der Waals surface area (Å²) in [6.07, 6.45) is 3.76. The molecule has 0 radical (unpaired) electrons. The van der Waals surface area contributed by atoms with Crippen molar-refractivity contribution in [1.29, 1.82) is 0 Å². The van der Waals surface area contributed by atoms with Gasteiger partial charge >= 0.3 is 0 Å². The summed E-state index contributed by atoms with van der Waals surface area (Å²) in [7, 11) is -1.09. The standard InChI is InChI=1S/C14H22O2S/c1-13(2,3)17(16)12-10-8-14(4,5)7-9(10)6-11(12)15/h6,10,12H,7-8H2,1-5H3/t10-,12+,17-/m0/s1. The second-order valence-electron chi connectivity index (χ2n) is 7.10. The van der Waals surface area contributed by atoms with Crippen LogP contribution < -0.4 is 0 Å². The molecular formula is C14H22O2S. The van der Waals surface area contributed by atoms with Crippen molar-refractivity contribution in [3.05, 3.63) is 11.6 Å². The molecule has 0 N–H and O–H groups in total. The van der Waals surface area contributed by atoms with Crippen molar-refractivity contribution in [1.82, 2.24) is 0 Å². The molecule has 1 saturated carbocycles. The summed E-state index contributed by atoms with van der Waals surface area (Å²) < 4.78 is 12.2. The van der Waals surface area contributed by atoms with Crippen LogP contribution in [0.25, 0.3) is 0 Å². The molecule has 0 saturated heterocycles. The zero-order chi connectivity index (χ0) is 13.0. The van der Waals surface area contributed by atoms with E-state index in [2.05, 4.69) is 13.8 Å². The lowest BCUT2D eigenvalue weighted by Gasteiger charge is -2.26. The van der Waals surface area contributed by atoms with Crippen LogP contribution >= 0.6 is 0 Å². The number of ketones is 1. The average molecular weight is 254 g/mol. The van der Waals surface area contributed by atoms with Crippen LogP contribution in [0.3, 0.4) is 0 Å². The van der Waals surface area contributed by atoms with E-state index in [1.165, 1.54) is 5.57 Å². The van der Waals surface area contributed by atoms with Crippen LogP contribution in [0.2, 0.25) is 0 Å². The van der Waals surface area contributed by atoms with Crippen molar-refractivity contribution in [2.75, 3.05) is 0 Å². The third kappa shape index (κ3) is 2.26. The minimum Gasteiger partial charge on any atom is -0.293 e. The van der Waals surface area contributed by atoms with Crippen LogP contribution in [0.1, 0.15) is 47.5 Å². The number of rotatable bonds is 1. The maximum atomic E-state index is 12.5. The molecule has 0 spiro atoms. The molecule has 0 aromatic rings. The predicted molar refractivity (Wildman–Crippen MR) is 71.3 cm³/mol. The van der Waals surface area contributed by atoms with Gasteiger partial charge in [-0.15, -0.1) is 0 Å². The minimum atomic E-state index is -1.09. The van der Waals surface area contributed by atoms with Crippen LogP contribution in [0.4, 0.5) is 0 Å². The number of carbonyl (C=O) groups excluding carboxylic acids is 1. The van der Waals surface area contributed by atoms with Gasteiger partial charge in [-0.3, -0.25) is 9.00 Å². The summed E-state index contributed by atoms with van der Waals surface area (Å²) in [6.45, 7) is 10.3. The summed E-state index contributed by atoms with van der Waals surface area (Å²) in [5.74, 6) is 0.325. The molecule has 0 aromatic heterocycles. The number of hydrogen-bond donors (Lipinski definition) is 0. The Balaban J connectivity index is 2.28. The van der Waals surface area contributed by atoms with Crippen molar-refractivity contribution < 1.29 is 9.00 Å². The van der Waals surface area contributed by atoms with Gasteiger partial charge in [0.25, 0.3) is 0 Å². The quantitative estimate of drug-likeness (QED) is 0.721. The van der Waals surface area contributed by atoms with Gasteiger partial charge in [0.1, 0.15) is 5.25 Å². The Hall–Kier alpha value is -0.440. The molecule has 3 heteroatoms. The lowest BCUT2D eigenvalue weighted by Crippen LogP contribution is -2.38. The molecule has 2 aliphatic carbocycles. The zero-order valence-electron chi connectivity index (χ0n) is 11.4. The summed E-state index contributed by atoms with van der Waals surface area (Å²) in [6, 6.07) is 0. The summed E-state index contributed by atoms with van der Waals surface area (Å²) in [5, 5.41) is -0.285. The van der Waals surface area contributed by atoms with E-state index in [1.54, 1.807) is 6.08 Å². The van der Waals surface area contributed by atoms with E-state index in [0.29, 0.717) is 0 Å². The number of fused-ring (bicyclic) bond motifs is 1. The molecule has 0 aliphatic heterocycles. The lowest BCUT2D eigenvalue weighted by atomic mass is 9.89. The van der Waals surface area contributed by atoms with Crippen LogP contribution in [0, 0.1) is 11.3 Å². The Morgan fingerprint density at radius 1 is 1.35 bits per heavy atom. The van der Waals surface area contributed by atoms with Crippen molar-refractivity contribution in [2.45, 2.75) is 57.5 Å². The van der Waals surface area contributed by atoms with Crippen molar-refractivity contribution >= 4 is 16.6 Å². The van der Waals surface area contributed by atoms with E-state index in [9.17, 15) is 9.00 Å². The first-order valence-corrected chi connectivity index (χ1v) is 7.48. The average Bonchev–Trinajstić information content (AvgIpc) is 2.52. The van der Waals surface area contributed by atoms with Gasteiger partial charge in [0.05, 0.1) is 0 Å². The highest BCUT2D eigenvalue weighted by Crippen LogP contribution is 2.50. The van der Waals surface area contributed by atoms with Crippen molar-refractivity contribution in [2.24, 2.45) is 11.3 Å². The fourth-order valence-corrected chi connectivity index (χ4v) is 4.65. The number of carbonyl (C=O) groups is 1. The fourth-order valence-electron chi connectivity index (χ4n) is 3.04. The van der Waals surface area contributed by atoms with E-state index in [4.69, 9.17) is 0 Å². The van der Waals surface area contributed by atoms with Gasteiger partial charge in [-0.25, -0.2) is 0 Å². The van der Waals surface area contributed by atoms with Gasteiger partial charge in [0.2, 0.25) is 0 Å². The Bertz CT molecular complexity index is 412. The predicted octanol–water partition coefficient (Wildman–Crippen LogP) is 2.85. The van der Waals surface area contributed by atoms with Gasteiger partial charge in [-0.2, -0.15) is 0 Å². The first kappa shape index (κ1) is 13.0. The van der Waals surface area contributed by atoms with Gasteiger partial charge in [0, 0.05) is 21.5 Å². The first-order valence-electron chi connectivity index (χ1n) is 6.27. The zero-order valence-corrected chi connectivity index (χ0v) is 12.2. The smallest absolute Gasteiger partial charge is 0.171 e. The largest absolute Gasteiger partial charge is 0.293 e. The monoisotopic (exact) mass is 254 g/mol. The maximum absolute atomic E-state index is 12.5. The van der Waals surface area contributed by atoms with E-state index < -0.39 is 10.8 Å². The van der Waals surface area contributed by atoms with E-state index in [0.717, 1.165) is 12.8 Å².